The summed E-state index contributed by atoms with van der Waals surface area (Å²) in [5, 5.41) is 3.59. The Morgan fingerprint density at radius 1 is 0.500 bits per heavy atom. The summed E-state index contributed by atoms with van der Waals surface area (Å²) >= 11 is 1.75. The summed E-state index contributed by atoms with van der Waals surface area (Å²) in [6.45, 7) is 2.18. The number of aryl methyl sites for hydroxylation is 1. The second kappa shape index (κ2) is 11.0. The van der Waals surface area contributed by atoms with Crippen LogP contribution < -0.4 is 0 Å². The predicted molar refractivity (Wildman–Crippen MR) is 187 cm³/mol. The van der Waals surface area contributed by atoms with Gasteiger partial charge in [-0.25, -0.2) is 4.98 Å². The molecule has 0 spiro atoms. The van der Waals surface area contributed by atoms with Crippen LogP contribution in [-0.2, 0) is 0 Å². The molecule has 2 aromatic heterocycles. The molecule has 2 heterocycles. The number of benzene rings is 6. The number of rotatable bonds is 5. The third-order valence-corrected chi connectivity index (χ3v) is 9.38. The molecule has 8 aromatic rings. The highest BCUT2D eigenvalue weighted by molar-refractivity contribution is 7.21. The molecule has 0 saturated carbocycles. The lowest BCUT2D eigenvalue weighted by atomic mass is 9.96. The van der Waals surface area contributed by atoms with Crippen molar-refractivity contribution in [1.82, 2.24) is 9.97 Å². The molecule has 0 radical (unpaired) electrons. The van der Waals surface area contributed by atoms with Gasteiger partial charge >= 0.3 is 0 Å². The molecule has 6 aromatic carbocycles. The van der Waals surface area contributed by atoms with Gasteiger partial charge in [-0.3, -0.25) is 4.98 Å². The van der Waals surface area contributed by atoms with Crippen LogP contribution >= 0.6 is 11.3 Å². The lowest BCUT2D eigenvalue weighted by Gasteiger charge is -2.10. The molecular formula is C41H28N2S. The minimum atomic E-state index is 0.984. The molecule has 44 heavy (non-hydrogen) atoms. The van der Waals surface area contributed by atoms with E-state index < -0.39 is 0 Å². The molecule has 0 aliphatic heterocycles. The van der Waals surface area contributed by atoms with Crippen LogP contribution in [0.25, 0.3) is 76.2 Å². The van der Waals surface area contributed by atoms with Crippen LogP contribution in [0.1, 0.15) is 5.56 Å². The average molecular weight is 581 g/mol. The molecule has 0 aliphatic rings. The van der Waals surface area contributed by atoms with Gasteiger partial charge in [0.25, 0.3) is 0 Å². The second-order valence-electron chi connectivity index (χ2n) is 11.1. The van der Waals surface area contributed by atoms with E-state index in [0.29, 0.717) is 0 Å². The number of thiazole rings is 1. The van der Waals surface area contributed by atoms with Gasteiger partial charge in [0.2, 0.25) is 0 Å². The summed E-state index contributed by atoms with van der Waals surface area (Å²) in [5.74, 6) is 0. The number of nitrogens with zero attached hydrogens (tertiary/aromatic N) is 2. The van der Waals surface area contributed by atoms with E-state index in [9.17, 15) is 0 Å². The summed E-state index contributed by atoms with van der Waals surface area (Å²) in [6, 6.07) is 51.9. The first-order valence-electron chi connectivity index (χ1n) is 14.8. The lowest BCUT2D eigenvalue weighted by molar-refractivity contribution is 1.33. The van der Waals surface area contributed by atoms with Crippen LogP contribution in [0.2, 0.25) is 0 Å². The monoisotopic (exact) mass is 580 g/mol. The van der Waals surface area contributed by atoms with Gasteiger partial charge in [0.1, 0.15) is 5.01 Å². The van der Waals surface area contributed by atoms with Crippen LogP contribution in [0.5, 0.6) is 0 Å². The van der Waals surface area contributed by atoms with Gasteiger partial charge in [-0.05, 0) is 93.0 Å². The first-order valence-corrected chi connectivity index (χ1v) is 15.6. The van der Waals surface area contributed by atoms with Crippen molar-refractivity contribution in [3.63, 3.8) is 0 Å². The molecule has 0 amide bonds. The molecule has 0 bridgehead atoms. The molecule has 0 N–H and O–H groups in total. The SMILES string of the molecule is Cc1cc(-c2nc3ccc(-c4ccc(-c5cccc6ccccc56)cc4)cc3s2)ccc1-c1cccc(-c2ccccn2)c1. The lowest BCUT2D eigenvalue weighted by Crippen LogP contribution is -1.87. The minimum Gasteiger partial charge on any atom is -0.256 e. The van der Waals surface area contributed by atoms with E-state index in [0.717, 1.165) is 27.3 Å². The van der Waals surface area contributed by atoms with Crippen molar-refractivity contribution in [3.05, 3.63) is 157 Å². The van der Waals surface area contributed by atoms with Crippen molar-refractivity contribution in [2.75, 3.05) is 0 Å². The Balaban J connectivity index is 1.07. The van der Waals surface area contributed by atoms with Crippen LogP contribution in [0, 0.1) is 6.92 Å². The van der Waals surface area contributed by atoms with Gasteiger partial charge < -0.3 is 0 Å². The minimum absolute atomic E-state index is 0.984. The second-order valence-corrected chi connectivity index (χ2v) is 12.2. The van der Waals surface area contributed by atoms with Crippen LogP contribution in [0.4, 0.5) is 0 Å². The molecule has 0 unspecified atom stereocenters. The van der Waals surface area contributed by atoms with Gasteiger partial charge in [-0.2, -0.15) is 0 Å². The van der Waals surface area contributed by atoms with E-state index in [2.05, 4.69) is 145 Å². The summed E-state index contributed by atoms with van der Waals surface area (Å²) in [7, 11) is 0. The maximum atomic E-state index is 5.01. The fourth-order valence-electron chi connectivity index (χ4n) is 6.05. The van der Waals surface area contributed by atoms with Crippen molar-refractivity contribution < 1.29 is 0 Å². The third-order valence-electron chi connectivity index (χ3n) is 8.31. The number of hydrogen-bond donors (Lipinski definition) is 0. The van der Waals surface area contributed by atoms with Crippen molar-refractivity contribution >= 4 is 32.3 Å². The highest BCUT2D eigenvalue weighted by Crippen LogP contribution is 2.37. The first kappa shape index (κ1) is 26.3. The van der Waals surface area contributed by atoms with E-state index in [1.807, 2.05) is 18.3 Å². The Labute approximate surface area is 261 Å². The highest BCUT2D eigenvalue weighted by Gasteiger charge is 2.12. The van der Waals surface area contributed by atoms with E-state index in [4.69, 9.17) is 4.98 Å². The van der Waals surface area contributed by atoms with Crippen molar-refractivity contribution in [3.8, 4) is 55.2 Å². The molecule has 8 rings (SSSR count). The first-order chi connectivity index (χ1) is 21.7. The fraction of sp³-hybridized carbons (Fsp3) is 0.0244. The quantitative estimate of drug-likeness (QED) is 0.202. The van der Waals surface area contributed by atoms with Gasteiger partial charge in [0.05, 0.1) is 15.9 Å². The molecule has 0 saturated heterocycles. The number of pyridine rings is 1. The zero-order valence-corrected chi connectivity index (χ0v) is 25.1. The summed E-state index contributed by atoms with van der Waals surface area (Å²) in [5.41, 5.74) is 12.8. The molecular weight excluding hydrogens is 553 g/mol. The van der Waals surface area contributed by atoms with Crippen LogP contribution in [0.15, 0.2) is 152 Å². The molecule has 0 atom stereocenters. The maximum Gasteiger partial charge on any atom is 0.124 e. The van der Waals surface area contributed by atoms with Crippen LogP contribution in [0.3, 0.4) is 0 Å². The third kappa shape index (κ3) is 4.88. The molecule has 208 valence electrons. The Morgan fingerprint density at radius 2 is 1.25 bits per heavy atom. The van der Waals surface area contributed by atoms with Crippen molar-refractivity contribution in [2.24, 2.45) is 0 Å². The Bertz CT molecular complexity index is 2280. The Morgan fingerprint density at radius 3 is 2.11 bits per heavy atom. The van der Waals surface area contributed by atoms with Crippen LogP contribution in [-0.4, -0.2) is 9.97 Å². The zero-order valence-electron chi connectivity index (χ0n) is 24.2. The number of aromatic nitrogens is 2. The van der Waals surface area contributed by atoms with E-state index in [1.54, 1.807) is 11.3 Å². The van der Waals surface area contributed by atoms with Crippen molar-refractivity contribution in [2.45, 2.75) is 6.92 Å². The van der Waals surface area contributed by atoms with Gasteiger partial charge in [0, 0.05) is 17.3 Å². The fourth-order valence-corrected chi connectivity index (χ4v) is 7.05. The van der Waals surface area contributed by atoms with Gasteiger partial charge in [0.15, 0.2) is 0 Å². The normalized spacial score (nSPS) is 11.3. The Hall–Kier alpha value is -5.38. The molecule has 2 nitrogen and oxygen atoms in total. The summed E-state index contributed by atoms with van der Waals surface area (Å²) in [6.07, 6.45) is 1.84. The zero-order chi connectivity index (χ0) is 29.5. The van der Waals surface area contributed by atoms with E-state index in [-0.39, 0.29) is 0 Å². The summed E-state index contributed by atoms with van der Waals surface area (Å²) < 4.78 is 1.19. The van der Waals surface area contributed by atoms with Crippen molar-refractivity contribution in [1.29, 1.82) is 0 Å². The summed E-state index contributed by atoms with van der Waals surface area (Å²) in [4.78, 5) is 9.53. The average Bonchev–Trinajstić information content (AvgIpc) is 3.52. The van der Waals surface area contributed by atoms with E-state index >= 15 is 0 Å². The predicted octanol–water partition coefficient (Wildman–Crippen LogP) is 11.5. The molecule has 0 aliphatic carbocycles. The maximum absolute atomic E-state index is 5.01. The van der Waals surface area contributed by atoms with E-state index in [1.165, 1.54) is 54.4 Å². The highest BCUT2D eigenvalue weighted by atomic mass is 32.1. The van der Waals surface area contributed by atoms with Gasteiger partial charge in [-0.15, -0.1) is 11.3 Å². The standard InChI is InChI=1S/C41H28N2S/c1-27-24-34(19-21-35(27)32-10-6-11-33(25-32)38-14-4-5-23-42-38)41-43-39-22-20-31(26-40(39)44-41)28-15-17-30(18-16-28)37-13-7-9-29-8-2-3-12-36(29)37/h2-26H,1H3. The smallest absolute Gasteiger partial charge is 0.124 e. The number of fused-ring (bicyclic) bond motifs is 2. The van der Waals surface area contributed by atoms with Gasteiger partial charge in [-0.1, -0.05) is 109 Å². The molecule has 3 heteroatoms. The molecule has 0 fully saturated rings. The Kier molecular flexibility index (Phi) is 6.59. The largest absolute Gasteiger partial charge is 0.256 e. The number of hydrogen-bond acceptors (Lipinski definition) is 3. The topological polar surface area (TPSA) is 25.8 Å².